The number of oxime groups is 1. The second-order valence-corrected chi connectivity index (χ2v) is 5.65. The summed E-state index contributed by atoms with van der Waals surface area (Å²) in [6.45, 7) is 0. The number of aromatic nitrogens is 1. The first-order chi connectivity index (χ1) is 12.0. The van der Waals surface area contributed by atoms with Gasteiger partial charge in [0.15, 0.2) is 5.58 Å². The molecule has 3 aromatic rings. The van der Waals surface area contributed by atoms with Crippen LogP contribution in [0.15, 0.2) is 58.1 Å². The number of hydrogen-bond acceptors (Lipinski definition) is 6. The third-order valence-corrected chi connectivity index (χ3v) is 3.54. The van der Waals surface area contributed by atoms with Crippen molar-refractivity contribution >= 4 is 28.6 Å². The van der Waals surface area contributed by atoms with Crippen molar-refractivity contribution in [1.29, 1.82) is 0 Å². The van der Waals surface area contributed by atoms with Crippen molar-refractivity contribution < 1.29 is 14.0 Å². The quantitative estimate of drug-likeness (QED) is 0.332. The minimum Gasteiger partial charge on any atom is -0.440 e. The molecule has 0 aliphatic heterocycles. The van der Waals surface area contributed by atoms with Crippen LogP contribution in [0, 0.1) is 0 Å². The van der Waals surface area contributed by atoms with E-state index in [9.17, 15) is 4.79 Å². The van der Waals surface area contributed by atoms with Crippen molar-refractivity contribution in [2.45, 2.75) is 6.42 Å². The van der Waals surface area contributed by atoms with Crippen LogP contribution >= 0.6 is 0 Å². The Kier molecular flexibility index (Phi) is 4.65. The zero-order chi connectivity index (χ0) is 17.8. The summed E-state index contributed by atoms with van der Waals surface area (Å²) in [5.74, 6) is -0.0653. The molecule has 0 aliphatic rings. The Bertz CT molecular complexity index is 880. The van der Waals surface area contributed by atoms with E-state index < -0.39 is 5.97 Å². The average molecular weight is 338 g/mol. The topological polar surface area (TPSA) is 94.0 Å². The van der Waals surface area contributed by atoms with Gasteiger partial charge in [-0.05, 0) is 36.4 Å². The van der Waals surface area contributed by atoms with Crippen molar-refractivity contribution in [3.8, 4) is 0 Å². The van der Waals surface area contributed by atoms with Crippen LogP contribution in [0.2, 0.25) is 0 Å². The molecule has 7 heteroatoms. The van der Waals surface area contributed by atoms with Crippen LogP contribution in [0.5, 0.6) is 0 Å². The summed E-state index contributed by atoms with van der Waals surface area (Å²) in [6.07, 6.45) is 0.154. The van der Waals surface area contributed by atoms with Gasteiger partial charge in [-0.25, -0.2) is 9.78 Å². The smallest absolute Gasteiger partial charge is 0.365 e. The van der Waals surface area contributed by atoms with Crippen LogP contribution in [-0.2, 0) is 11.3 Å². The number of hydrogen-bond donors (Lipinski definition) is 1. The van der Waals surface area contributed by atoms with E-state index in [1.54, 1.807) is 12.1 Å². The predicted molar refractivity (Wildman–Crippen MR) is 95.5 cm³/mol. The molecule has 0 fully saturated rings. The van der Waals surface area contributed by atoms with Crippen LogP contribution < -0.4 is 10.6 Å². The number of benzene rings is 2. The molecule has 1 heterocycles. The third-order valence-electron chi connectivity index (χ3n) is 3.54. The van der Waals surface area contributed by atoms with E-state index >= 15 is 0 Å². The molecule has 7 nitrogen and oxygen atoms in total. The predicted octanol–water partition coefficient (Wildman–Crippen LogP) is 2.57. The summed E-state index contributed by atoms with van der Waals surface area (Å²) in [7, 11) is 3.84. The monoisotopic (exact) mass is 338 g/mol. The van der Waals surface area contributed by atoms with Crippen LogP contribution in [0.3, 0.4) is 0 Å². The minimum absolute atomic E-state index is 0.102. The molecule has 0 radical (unpaired) electrons. The van der Waals surface area contributed by atoms with Crippen LogP contribution in [-0.4, -0.2) is 30.9 Å². The first-order valence-electron chi connectivity index (χ1n) is 7.68. The second kappa shape index (κ2) is 7.04. The van der Waals surface area contributed by atoms with E-state index in [1.807, 2.05) is 55.4 Å². The van der Waals surface area contributed by atoms with Gasteiger partial charge >= 0.3 is 5.97 Å². The van der Waals surface area contributed by atoms with E-state index in [1.165, 1.54) is 0 Å². The summed E-state index contributed by atoms with van der Waals surface area (Å²) in [4.78, 5) is 23.1. The lowest BCUT2D eigenvalue weighted by molar-refractivity contribution is 0.0514. The molecular formula is C18H18N4O3. The first kappa shape index (κ1) is 16.5. The molecule has 0 unspecified atom stereocenters. The molecule has 128 valence electrons. The zero-order valence-electron chi connectivity index (χ0n) is 14.0. The van der Waals surface area contributed by atoms with Gasteiger partial charge in [-0.2, -0.15) is 0 Å². The van der Waals surface area contributed by atoms with E-state index in [0.717, 1.165) is 11.2 Å². The second-order valence-electron chi connectivity index (χ2n) is 5.65. The molecule has 0 atom stereocenters. The molecule has 0 saturated carbocycles. The number of carbonyl (C=O) groups excluding carboxylic acids is 1. The van der Waals surface area contributed by atoms with E-state index in [2.05, 4.69) is 10.1 Å². The Morgan fingerprint density at radius 3 is 2.60 bits per heavy atom. The van der Waals surface area contributed by atoms with Crippen LogP contribution in [0.25, 0.3) is 11.1 Å². The summed E-state index contributed by atoms with van der Waals surface area (Å²) >= 11 is 0. The maximum absolute atomic E-state index is 12.0. The van der Waals surface area contributed by atoms with Gasteiger partial charge in [-0.15, -0.1) is 0 Å². The molecule has 25 heavy (non-hydrogen) atoms. The maximum Gasteiger partial charge on any atom is 0.365 e. The average Bonchev–Trinajstić information content (AvgIpc) is 3.01. The van der Waals surface area contributed by atoms with Crippen LogP contribution in [0.4, 0.5) is 5.69 Å². The number of carbonyl (C=O) groups is 1. The van der Waals surface area contributed by atoms with Gasteiger partial charge < -0.3 is 19.9 Å². The van der Waals surface area contributed by atoms with Gasteiger partial charge in [0.05, 0.1) is 12.0 Å². The summed E-state index contributed by atoms with van der Waals surface area (Å²) in [6, 6.07) is 14.4. The number of rotatable bonds is 5. The highest BCUT2D eigenvalue weighted by Gasteiger charge is 2.10. The maximum atomic E-state index is 12.0. The molecule has 0 spiro atoms. The van der Waals surface area contributed by atoms with E-state index in [-0.39, 0.29) is 12.3 Å². The van der Waals surface area contributed by atoms with Crippen molar-refractivity contribution in [2.24, 2.45) is 10.9 Å². The Morgan fingerprint density at radius 2 is 1.92 bits per heavy atom. The van der Waals surface area contributed by atoms with E-state index in [0.29, 0.717) is 17.0 Å². The fraction of sp³-hybridized carbons (Fsp3) is 0.167. The van der Waals surface area contributed by atoms with E-state index in [4.69, 9.17) is 15.0 Å². The van der Waals surface area contributed by atoms with Gasteiger partial charge in [0, 0.05) is 19.8 Å². The fourth-order valence-corrected chi connectivity index (χ4v) is 2.23. The summed E-state index contributed by atoms with van der Waals surface area (Å²) in [5, 5.41) is 3.66. The number of fused-ring (bicyclic) bond motifs is 1. The van der Waals surface area contributed by atoms with Crippen molar-refractivity contribution in [3.05, 3.63) is 60.0 Å². The zero-order valence-corrected chi connectivity index (χ0v) is 14.0. The van der Waals surface area contributed by atoms with Crippen LogP contribution in [0.1, 0.15) is 16.2 Å². The van der Waals surface area contributed by atoms with Gasteiger partial charge in [-0.3, -0.25) is 0 Å². The highest BCUT2D eigenvalue weighted by molar-refractivity contribution is 5.91. The Balaban J connectivity index is 1.63. The Morgan fingerprint density at radius 1 is 1.20 bits per heavy atom. The lowest BCUT2D eigenvalue weighted by atomic mass is 10.2. The fourth-order valence-electron chi connectivity index (χ4n) is 2.23. The molecule has 0 saturated heterocycles. The molecular weight excluding hydrogens is 320 g/mol. The summed E-state index contributed by atoms with van der Waals surface area (Å²) in [5.41, 5.74) is 8.57. The van der Waals surface area contributed by atoms with Gasteiger partial charge in [-0.1, -0.05) is 17.3 Å². The molecule has 3 rings (SSSR count). The van der Waals surface area contributed by atoms with Gasteiger partial charge in [0.2, 0.25) is 5.89 Å². The van der Waals surface area contributed by atoms with Crippen molar-refractivity contribution in [2.75, 3.05) is 19.0 Å². The number of anilines is 1. The van der Waals surface area contributed by atoms with Gasteiger partial charge in [0.25, 0.3) is 0 Å². The van der Waals surface area contributed by atoms with Crippen molar-refractivity contribution in [3.63, 3.8) is 0 Å². The Labute approximate surface area is 144 Å². The lowest BCUT2D eigenvalue weighted by Crippen LogP contribution is -2.17. The number of oxazole rings is 1. The Hall–Kier alpha value is -3.35. The molecule has 0 amide bonds. The minimum atomic E-state index is -0.578. The molecule has 1 aromatic heterocycles. The van der Waals surface area contributed by atoms with Gasteiger partial charge in [0.1, 0.15) is 11.4 Å². The SMILES string of the molecule is CN(C)c1ccc(C(=O)ON=C(N)Cc2nc3ccccc3o2)cc1. The molecule has 2 aromatic carbocycles. The molecule has 0 bridgehead atoms. The number of nitrogens with zero attached hydrogens (tertiary/aromatic N) is 3. The lowest BCUT2D eigenvalue weighted by Gasteiger charge is -2.11. The third kappa shape index (κ3) is 3.95. The largest absolute Gasteiger partial charge is 0.440 e. The number of nitrogens with two attached hydrogens (primary N) is 1. The normalized spacial score (nSPS) is 11.5. The summed E-state index contributed by atoms with van der Waals surface area (Å²) < 4.78 is 5.55. The number of amidine groups is 1. The molecule has 2 N–H and O–H groups in total. The first-order valence-corrected chi connectivity index (χ1v) is 7.68. The molecule has 0 aliphatic carbocycles. The van der Waals surface area contributed by atoms with Crippen molar-refractivity contribution in [1.82, 2.24) is 4.98 Å². The standard InChI is InChI=1S/C18H18N4O3/c1-22(2)13-9-7-12(8-10-13)18(23)25-21-16(19)11-17-20-14-5-3-4-6-15(14)24-17/h3-10H,11H2,1-2H3,(H2,19,21). The highest BCUT2D eigenvalue weighted by atomic mass is 16.7. The highest BCUT2D eigenvalue weighted by Crippen LogP contribution is 2.15. The number of para-hydroxylation sites is 2.